The second-order valence-electron chi connectivity index (χ2n) is 11.5. The lowest BCUT2D eigenvalue weighted by Gasteiger charge is -2.36. The third-order valence-corrected chi connectivity index (χ3v) is 7.06. The topological polar surface area (TPSA) is 8.81 Å². The van der Waals surface area contributed by atoms with Crippen molar-refractivity contribution in [2.75, 3.05) is 0 Å². The van der Waals surface area contributed by atoms with Gasteiger partial charge in [-0.25, -0.2) is 0 Å². The normalized spacial score (nSPS) is 18.1. The number of hydrogen-bond donors (Lipinski definition) is 0. The van der Waals surface area contributed by atoms with Gasteiger partial charge in [0.25, 0.3) is 0 Å². The summed E-state index contributed by atoms with van der Waals surface area (Å²) >= 11 is 0. The zero-order chi connectivity index (χ0) is 22.6. The van der Waals surface area contributed by atoms with Gasteiger partial charge in [0, 0.05) is 0 Å². The molecule has 1 aliphatic rings. The number of fused-ring (bicyclic) bond motifs is 1. The first-order valence-electron chi connectivity index (χ1n) is 11.8. The van der Waals surface area contributed by atoms with Crippen LogP contribution in [0.2, 0.25) is 0 Å². The van der Waals surface area contributed by atoms with Crippen LogP contribution in [0.3, 0.4) is 0 Å². The Bertz CT molecular complexity index is 1110. The van der Waals surface area contributed by atoms with E-state index < -0.39 is 0 Å². The van der Waals surface area contributed by atoms with Crippen LogP contribution in [0.5, 0.6) is 0 Å². The molecule has 0 N–H and O–H groups in total. The van der Waals surface area contributed by atoms with Gasteiger partial charge in [-0.15, -0.1) is 9.36 Å². The Balaban J connectivity index is 1.93. The molecule has 1 aliphatic carbocycles. The lowest BCUT2D eigenvalue weighted by molar-refractivity contribution is -0.744. The summed E-state index contributed by atoms with van der Waals surface area (Å²) in [6, 6.07) is 16.0. The van der Waals surface area contributed by atoms with Crippen LogP contribution < -0.4 is 4.68 Å². The first-order chi connectivity index (χ1) is 14.5. The zero-order valence-electron chi connectivity index (χ0n) is 20.7. The Morgan fingerprint density at radius 3 is 2.48 bits per heavy atom. The molecule has 0 saturated carbocycles. The molecule has 1 aromatic heterocycles. The number of nitrogens with zero attached hydrogens (tertiary/aromatic N) is 2. The monoisotopic (exact) mass is 415 g/mol. The summed E-state index contributed by atoms with van der Waals surface area (Å²) in [6.45, 7) is 16.4. The molecular weight excluding hydrogens is 376 g/mol. The van der Waals surface area contributed by atoms with E-state index >= 15 is 0 Å². The average molecular weight is 416 g/mol. The molecule has 2 heteroatoms. The lowest BCUT2D eigenvalue weighted by atomic mass is 9.69. The SMILES string of the molecule is Cc1ccccc1-n1c(CC(C)(C)C)c(-c2ccc3c(c2)C(C)CCC3(C)C)c[n+]1C. The van der Waals surface area contributed by atoms with Crippen LogP contribution in [0, 0.1) is 12.3 Å². The van der Waals surface area contributed by atoms with Crippen molar-refractivity contribution < 1.29 is 4.68 Å². The van der Waals surface area contributed by atoms with Crippen LogP contribution in [0.4, 0.5) is 0 Å². The first kappa shape index (κ1) is 21.9. The van der Waals surface area contributed by atoms with E-state index in [1.165, 1.54) is 46.5 Å². The highest BCUT2D eigenvalue weighted by Gasteiger charge is 2.32. The standard InChI is InChI=1S/C29H39N2/c1-20-15-16-29(6,7)25-14-13-22(17-23(20)25)24-19-30(8)31(27(24)18-28(3,4)5)26-12-10-9-11-21(26)2/h9-14,17,19-20H,15-16,18H2,1-8H3/q+1. The summed E-state index contributed by atoms with van der Waals surface area (Å²) in [5.74, 6) is 0.626. The molecule has 1 unspecified atom stereocenters. The minimum Gasteiger partial charge on any atom is -0.125 e. The van der Waals surface area contributed by atoms with Gasteiger partial charge in [-0.1, -0.05) is 77.9 Å². The third-order valence-electron chi connectivity index (χ3n) is 7.06. The Hall–Kier alpha value is -2.35. The fourth-order valence-electron chi connectivity index (χ4n) is 5.28. The average Bonchev–Trinajstić information content (AvgIpc) is 2.99. The third kappa shape index (κ3) is 4.10. The molecule has 0 fully saturated rings. The fourth-order valence-corrected chi connectivity index (χ4v) is 5.28. The largest absolute Gasteiger partial charge is 0.203 e. The Kier molecular flexibility index (Phi) is 5.40. The Morgan fingerprint density at radius 1 is 1.10 bits per heavy atom. The molecule has 31 heavy (non-hydrogen) atoms. The van der Waals surface area contributed by atoms with Gasteiger partial charge in [0.15, 0.2) is 7.05 Å². The summed E-state index contributed by atoms with van der Waals surface area (Å²) in [7, 11) is 2.17. The summed E-state index contributed by atoms with van der Waals surface area (Å²) in [5.41, 5.74) is 10.2. The van der Waals surface area contributed by atoms with E-state index in [0.29, 0.717) is 5.92 Å². The van der Waals surface area contributed by atoms with Crippen LogP contribution in [0.25, 0.3) is 16.8 Å². The molecule has 1 atom stereocenters. The molecule has 0 spiro atoms. The first-order valence-corrected chi connectivity index (χ1v) is 11.8. The fraction of sp³-hybridized carbons (Fsp3) is 0.483. The van der Waals surface area contributed by atoms with Gasteiger partial charge >= 0.3 is 0 Å². The summed E-state index contributed by atoms with van der Waals surface area (Å²) in [4.78, 5) is 0. The van der Waals surface area contributed by atoms with Gasteiger partial charge in [-0.2, -0.15) is 0 Å². The molecule has 0 radical (unpaired) electrons. The van der Waals surface area contributed by atoms with Crippen molar-refractivity contribution in [1.82, 2.24) is 4.68 Å². The molecule has 164 valence electrons. The maximum atomic E-state index is 2.49. The maximum absolute atomic E-state index is 2.49. The van der Waals surface area contributed by atoms with Gasteiger partial charge in [0.05, 0.1) is 11.3 Å². The van der Waals surface area contributed by atoms with Crippen LogP contribution in [0.1, 0.15) is 82.7 Å². The molecule has 1 heterocycles. The molecule has 3 aromatic rings. The molecule has 0 bridgehead atoms. The Morgan fingerprint density at radius 2 is 1.81 bits per heavy atom. The van der Waals surface area contributed by atoms with E-state index in [2.05, 4.69) is 114 Å². The molecule has 2 nitrogen and oxygen atoms in total. The van der Waals surface area contributed by atoms with Crippen molar-refractivity contribution >= 4 is 0 Å². The van der Waals surface area contributed by atoms with E-state index in [1.807, 2.05) is 0 Å². The van der Waals surface area contributed by atoms with Crippen LogP contribution in [-0.4, -0.2) is 4.68 Å². The smallest absolute Gasteiger partial charge is 0.125 e. The van der Waals surface area contributed by atoms with E-state index in [4.69, 9.17) is 0 Å². The molecule has 0 aliphatic heterocycles. The van der Waals surface area contributed by atoms with Crippen molar-refractivity contribution in [3.8, 4) is 16.8 Å². The van der Waals surface area contributed by atoms with Crippen LogP contribution >= 0.6 is 0 Å². The van der Waals surface area contributed by atoms with Crippen molar-refractivity contribution in [1.29, 1.82) is 0 Å². The molecule has 4 rings (SSSR count). The molecule has 2 aromatic carbocycles. The zero-order valence-corrected chi connectivity index (χ0v) is 20.7. The predicted molar refractivity (Wildman–Crippen MR) is 131 cm³/mol. The van der Waals surface area contributed by atoms with Crippen LogP contribution in [-0.2, 0) is 18.9 Å². The van der Waals surface area contributed by atoms with Crippen LogP contribution in [0.15, 0.2) is 48.7 Å². The van der Waals surface area contributed by atoms with Gasteiger partial charge in [0.1, 0.15) is 5.69 Å². The number of para-hydroxylation sites is 1. The summed E-state index contributed by atoms with van der Waals surface area (Å²) in [6.07, 6.45) is 5.90. The lowest BCUT2D eigenvalue weighted by Crippen LogP contribution is -2.38. The second kappa shape index (κ2) is 7.65. The maximum Gasteiger partial charge on any atom is 0.203 e. The Labute approximate surface area is 188 Å². The molecule has 0 saturated heterocycles. The van der Waals surface area contributed by atoms with Crippen molar-refractivity contribution in [2.45, 2.75) is 79.1 Å². The number of aryl methyl sites for hydroxylation is 2. The van der Waals surface area contributed by atoms with Gasteiger partial charge in [-0.3, -0.25) is 0 Å². The highest BCUT2D eigenvalue weighted by atomic mass is 15.4. The minimum atomic E-state index is 0.198. The second-order valence-corrected chi connectivity index (χ2v) is 11.5. The summed E-state index contributed by atoms with van der Waals surface area (Å²) < 4.78 is 4.69. The van der Waals surface area contributed by atoms with Crippen molar-refractivity contribution in [3.05, 3.63) is 71.0 Å². The van der Waals surface area contributed by atoms with E-state index in [9.17, 15) is 0 Å². The quantitative estimate of drug-likeness (QED) is 0.406. The van der Waals surface area contributed by atoms with Crippen molar-refractivity contribution in [3.63, 3.8) is 0 Å². The van der Waals surface area contributed by atoms with Crippen molar-refractivity contribution in [2.24, 2.45) is 12.5 Å². The minimum absolute atomic E-state index is 0.198. The number of rotatable bonds is 3. The highest BCUT2D eigenvalue weighted by Crippen LogP contribution is 2.44. The predicted octanol–water partition coefficient (Wildman–Crippen LogP) is 7.04. The summed E-state index contributed by atoms with van der Waals surface area (Å²) in [5, 5.41) is 0. The highest BCUT2D eigenvalue weighted by molar-refractivity contribution is 5.68. The number of hydrogen-bond acceptors (Lipinski definition) is 0. The van der Waals surface area contributed by atoms with Gasteiger partial charge < -0.3 is 0 Å². The van der Waals surface area contributed by atoms with Gasteiger partial charge in [0.2, 0.25) is 6.20 Å². The molecular formula is C29H39N2+. The number of aromatic nitrogens is 2. The van der Waals surface area contributed by atoms with E-state index in [-0.39, 0.29) is 10.8 Å². The number of benzene rings is 2. The van der Waals surface area contributed by atoms with Gasteiger partial charge in [-0.05, 0) is 71.3 Å². The molecule has 0 amide bonds. The van der Waals surface area contributed by atoms with E-state index in [1.54, 1.807) is 5.56 Å². The van der Waals surface area contributed by atoms with E-state index in [0.717, 1.165) is 6.42 Å².